The molecule has 7 heteroatoms. The van der Waals surface area contributed by atoms with E-state index in [1.807, 2.05) is 20.8 Å². The van der Waals surface area contributed by atoms with Crippen molar-refractivity contribution in [2.24, 2.45) is 5.10 Å². The van der Waals surface area contributed by atoms with E-state index in [1.165, 1.54) is 6.21 Å². The van der Waals surface area contributed by atoms with Crippen LogP contribution in [0.25, 0.3) is 0 Å². The lowest BCUT2D eigenvalue weighted by Crippen LogP contribution is -2.18. The van der Waals surface area contributed by atoms with Gasteiger partial charge in [-0.2, -0.15) is 13.5 Å². The highest BCUT2D eigenvalue weighted by atomic mass is 32.2. The third-order valence-electron chi connectivity index (χ3n) is 3.66. The molecule has 0 radical (unpaired) electrons. The summed E-state index contributed by atoms with van der Waals surface area (Å²) in [6, 6.07) is 10.2. The number of hydrazone groups is 1. The van der Waals surface area contributed by atoms with Gasteiger partial charge in [-0.05, 0) is 67.8 Å². The van der Waals surface area contributed by atoms with E-state index in [1.54, 1.807) is 43.5 Å². The first-order valence-corrected chi connectivity index (χ1v) is 9.28. The zero-order valence-corrected chi connectivity index (χ0v) is 15.6. The van der Waals surface area contributed by atoms with Crippen LogP contribution < -0.4 is 14.3 Å². The van der Waals surface area contributed by atoms with Crippen LogP contribution in [-0.4, -0.2) is 28.3 Å². The summed E-state index contributed by atoms with van der Waals surface area (Å²) in [4.78, 5) is 2.40. The maximum atomic E-state index is 12.3. The molecule has 6 nitrogen and oxygen atoms in total. The Morgan fingerprint density at radius 1 is 1.08 bits per heavy atom. The summed E-state index contributed by atoms with van der Waals surface area (Å²) < 4.78 is 35.3. The van der Waals surface area contributed by atoms with Gasteiger partial charge in [-0.15, -0.1) is 0 Å². The average Bonchev–Trinajstić information content (AvgIpc) is 2.58. The molecule has 0 bridgehead atoms. The molecule has 0 atom stereocenters. The first-order chi connectivity index (χ1) is 11.9. The van der Waals surface area contributed by atoms with Gasteiger partial charge in [0.1, 0.15) is 0 Å². The predicted octanol–water partition coefficient (Wildman–Crippen LogP) is 3.02. The van der Waals surface area contributed by atoms with E-state index in [9.17, 15) is 8.42 Å². The van der Waals surface area contributed by atoms with Crippen LogP contribution in [0, 0.1) is 13.8 Å². The Hall–Kier alpha value is -2.54. The Morgan fingerprint density at radius 2 is 1.84 bits per heavy atom. The van der Waals surface area contributed by atoms with E-state index in [-0.39, 0.29) is 4.90 Å². The van der Waals surface area contributed by atoms with E-state index in [0.29, 0.717) is 23.7 Å². The Balaban J connectivity index is 2.15. The number of benzene rings is 2. The minimum Gasteiger partial charge on any atom is -0.493 e. The van der Waals surface area contributed by atoms with Gasteiger partial charge in [0.15, 0.2) is 11.5 Å². The molecular weight excluding hydrogens is 340 g/mol. The summed E-state index contributed by atoms with van der Waals surface area (Å²) in [6.07, 6.45) is 1.41. The quantitative estimate of drug-likeness (QED) is 0.607. The minimum atomic E-state index is -3.71. The van der Waals surface area contributed by atoms with Crippen molar-refractivity contribution in [3.63, 3.8) is 0 Å². The summed E-state index contributed by atoms with van der Waals surface area (Å²) >= 11 is 0. The van der Waals surface area contributed by atoms with Crippen LogP contribution in [0.1, 0.15) is 23.6 Å². The van der Waals surface area contributed by atoms with Crippen molar-refractivity contribution < 1.29 is 17.9 Å². The van der Waals surface area contributed by atoms with Crippen molar-refractivity contribution in [2.75, 3.05) is 13.7 Å². The highest BCUT2D eigenvalue weighted by Gasteiger charge is 2.13. The van der Waals surface area contributed by atoms with Crippen molar-refractivity contribution >= 4 is 16.2 Å². The number of aryl methyl sites for hydroxylation is 2. The number of hydrogen-bond acceptors (Lipinski definition) is 5. The summed E-state index contributed by atoms with van der Waals surface area (Å²) in [5.74, 6) is 1.18. The molecule has 0 fully saturated rings. The van der Waals surface area contributed by atoms with Gasteiger partial charge in [0.25, 0.3) is 10.0 Å². The molecule has 0 unspecified atom stereocenters. The number of sulfonamides is 1. The number of rotatable bonds is 7. The first kappa shape index (κ1) is 18.8. The smallest absolute Gasteiger partial charge is 0.276 e. The number of methoxy groups -OCH3 is 1. The molecule has 1 N–H and O–H groups in total. The maximum absolute atomic E-state index is 12.3. The lowest BCUT2D eigenvalue weighted by atomic mass is 10.1. The molecule has 0 spiro atoms. The van der Waals surface area contributed by atoms with Crippen molar-refractivity contribution in [3.8, 4) is 11.5 Å². The van der Waals surface area contributed by atoms with E-state index in [4.69, 9.17) is 9.47 Å². The third kappa shape index (κ3) is 4.73. The van der Waals surface area contributed by atoms with Gasteiger partial charge < -0.3 is 9.47 Å². The van der Waals surface area contributed by atoms with Crippen LogP contribution in [0.2, 0.25) is 0 Å². The maximum Gasteiger partial charge on any atom is 0.276 e. The van der Waals surface area contributed by atoms with Crippen LogP contribution in [0.15, 0.2) is 46.4 Å². The zero-order valence-electron chi connectivity index (χ0n) is 14.7. The molecule has 0 aliphatic carbocycles. The van der Waals surface area contributed by atoms with Crippen LogP contribution in [0.3, 0.4) is 0 Å². The van der Waals surface area contributed by atoms with Crippen LogP contribution in [0.5, 0.6) is 11.5 Å². The van der Waals surface area contributed by atoms with E-state index < -0.39 is 10.0 Å². The largest absolute Gasteiger partial charge is 0.493 e. The number of hydrogen-bond donors (Lipinski definition) is 1. The summed E-state index contributed by atoms with van der Waals surface area (Å²) in [7, 11) is -2.16. The van der Waals surface area contributed by atoms with Crippen molar-refractivity contribution in [3.05, 3.63) is 53.1 Å². The minimum absolute atomic E-state index is 0.178. The average molecular weight is 362 g/mol. The Kier molecular flexibility index (Phi) is 6.03. The van der Waals surface area contributed by atoms with Gasteiger partial charge in [0.05, 0.1) is 24.8 Å². The van der Waals surface area contributed by atoms with Gasteiger partial charge in [-0.3, -0.25) is 0 Å². The second kappa shape index (κ2) is 8.02. The highest BCUT2D eigenvalue weighted by molar-refractivity contribution is 7.89. The van der Waals surface area contributed by atoms with Crippen LogP contribution >= 0.6 is 0 Å². The molecule has 0 saturated carbocycles. The molecule has 0 amide bonds. The molecule has 0 aromatic heterocycles. The van der Waals surface area contributed by atoms with Gasteiger partial charge in [-0.25, -0.2) is 4.83 Å². The third-order valence-corrected chi connectivity index (χ3v) is 4.88. The normalized spacial score (nSPS) is 11.5. The molecule has 134 valence electrons. The fourth-order valence-corrected chi connectivity index (χ4v) is 3.02. The molecule has 2 aromatic carbocycles. The molecule has 0 aliphatic heterocycles. The second-order valence-corrected chi connectivity index (χ2v) is 7.10. The first-order valence-electron chi connectivity index (χ1n) is 7.80. The van der Waals surface area contributed by atoms with Gasteiger partial charge >= 0.3 is 0 Å². The topological polar surface area (TPSA) is 77.0 Å². The molecule has 0 saturated heterocycles. The number of nitrogens with one attached hydrogen (secondary N) is 1. The Morgan fingerprint density at radius 3 is 2.48 bits per heavy atom. The highest BCUT2D eigenvalue weighted by Crippen LogP contribution is 2.27. The lowest BCUT2D eigenvalue weighted by molar-refractivity contribution is 0.311. The number of nitrogens with zero attached hydrogens (tertiary/aromatic N) is 1. The summed E-state index contributed by atoms with van der Waals surface area (Å²) in [6.45, 7) is 6.20. The molecule has 25 heavy (non-hydrogen) atoms. The number of ether oxygens (including phenoxy) is 2. The van der Waals surface area contributed by atoms with E-state index in [2.05, 4.69) is 9.93 Å². The summed E-state index contributed by atoms with van der Waals surface area (Å²) in [5.41, 5.74) is 2.62. The molecule has 2 aromatic rings. The van der Waals surface area contributed by atoms with E-state index in [0.717, 1.165) is 11.1 Å². The van der Waals surface area contributed by atoms with Gasteiger partial charge in [0, 0.05) is 0 Å². The molecule has 0 heterocycles. The summed E-state index contributed by atoms with van der Waals surface area (Å²) in [5, 5.41) is 3.83. The van der Waals surface area contributed by atoms with Gasteiger partial charge in [-0.1, -0.05) is 6.07 Å². The molecule has 2 rings (SSSR count). The molecule has 0 aliphatic rings. The van der Waals surface area contributed by atoms with Gasteiger partial charge in [0.2, 0.25) is 0 Å². The SMILES string of the molecule is CCOc1ccc(/C=N/NS(=O)(=O)c2ccc(C)c(C)c2)cc1OC. The Bertz CT molecular complexity index is 877. The second-order valence-electron chi connectivity index (χ2n) is 5.44. The lowest BCUT2D eigenvalue weighted by Gasteiger charge is -2.09. The molecular formula is C18H22N2O4S. The standard InChI is InChI=1S/C18H22N2O4S/c1-5-24-17-9-7-15(11-18(17)23-4)12-19-20-25(21,22)16-8-6-13(2)14(3)10-16/h6-12,20H,5H2,1-4H3/b19-12+. The fourth-order valence-electron chi connectivity index (χ4n) is 2.14. The van der Waals surface area contributed by atoms with Crippen LogP contribution in [0.4, 0.5) is 0 Å². The predicted molar refractivity (Wildman–Crippen MR) is 98.0 cm³/mol. The fraction of sp³-hybridized carbons (Fsp3) is 0.278. The van der Waals surface area contributed by atoms with Crippen LogP contribution in [-0.2, 0) is 10.0 Å². The van der Waals surface area contributed by atoms with Crippen molar-refractivity contribution in [1.29, 1.82) is 0 Å². The zero-order chi connectivity index (χ0) is 18.4. The van der Waals surface area contributed by atoms with E-state index >= 15 is 0 Å². The monoisotopic (exact) mass is 362 g/mol. The van der Waals surface area contributed by atoms with Crippen molar-refractivity contribution in [2.45, 2.75) is 25.7 Å². The van der Waals surface area contributed by atoms with Crippen molar-refractivity contribution in [1.82, 2.24) is 4.83 Å². The Labute approximate surface area is 148 Å².